The first kappa shape index (κ1) is 37.9. The summed E-state index contributed by atoms with van der Waals surface area (Å²) in [6.45, 7) is 14.7. The average molecular weight is 748 g/mol. The maximum atomic E-state index is 12.6. The van der Waals surface area contributed by atoms with E-state index in [-0.39, 0.29) is 23.9 Å². The Kier molecular flexibility index (Phi) is 13.1. The normalized spacial score (nSPS) is 19.9. The zero-order valence-electron chi connectivity index (χ0n) is 30.5. The fraction of sp³-hybridized carbons (Fsp3) is 0.543. The molecule has 1 atom stereocenters. The molecule has 8 rings (SSSR count). The van der Waals surface area contributed by atoms with E-state index in [0.29, 0.717) is 42.7 Å². The fourth-order valence-corrected chi connectivity index (χ4v) is 7.08. The third-order valence-electron chi connectivity index (χ3n) is 9.67. The summed E-state index contributed by atoms with van der Waals surface area (Å²) >= 11 is 1.79. The molecule has 4 amide bonds. The van der Waals surface area contributed by atoms with Crippen molar-refractivity contribution in [1.82, 2.24) is 64.2 Å². The van der Waals surface area contributed by atoms with Gasteiger partial charge in [-0.3, -0.25) is 19.4 Å². The number of aromatic nitrogens is 6. The average Bonchev–Trinajstić information content (AvgIpc) is 3.95. The van der Waals surface area contributed by atoms with Gasteiger partial charge in [-0.25, -0.2) is 19.6 Å². The van der Waals surface area contributed by atoms with Crippen LogP contribution in [0.25, 0.3) is 0 Å². The van der Waals surface area contributed by atoms with Crippen LogP contribution in [0.5, 0.6) is 0 Å². The van der Waals surface area contributed by atoms with Crippen molar-refractivity contribution in [2.75, 3.05) is 85.1 Å². The Bertz CT molecular complexity index is 1700. The largest absolute Gasteiger partial charge is 0.377 e. The topological polar surface area (TPSA) is 161 Å². The molecule has 18 heteroatoms. The Balaban J connectivity index is 0.000000173. The van der Waals surface area contributed by atoms with E-state index in [1.54, 1.807) is 50.1 Å². The van der Waals surface area contributed by atoms with Crippen LogP contribution in [-0.2, 0) is 6.54 Å². The second-order valence-electron chi connectivity index (χ2n) is 13.0. The third-order valence-corrected chi connectivity index (χ3v) is 10.6. The fourth-order valence-electron chi connectivity index (χ4n) is 6.28. The van der Waals surface area contributed by atoms with Crippen LogP contribution >= 0.6 is 11.8 Å². The van der Waals surface area contributed by atoms with Crippen LogP contribution in [0, 0.1) is 0 Å². The van der Waals surface area contributed by atoms with Crippen molar-refractivity contribution in [2.24, 2.45) is 0 Å². The number of nitrogens with one attached hydrogen (secondary N) is 1. The van der Waals surface area contributed by atoms with Crippen LogP contribution in [0.2, 0.25) is 0 Å². The predicted molar refractivity (Wildman–Crippen MR) is 199 cm³/mol. The van der Waals surface area contributed by atoms with Crippen molar-refractivity contribution in [3.8, 4) is 0 Å². The highest BCUT2D eigenvalue weighted by Gasteiger charge is 2.28. The molecular weight excluding hydrogens is 699 g/mol. The van der Waals surface area contributed by atoms with Gasteiger partial charge in [0.15, 0.2) is 0 Å². The number of amides is 4. The van der Waals surface area contributed by atoms with E-state index in [2.05, 4.69) is 40.7 Å². The number of carbonyl (C=O) groups is 4. The molecule has 5 aliphatic heterocycles. The van der Waals surface area contributed by atoms with Crippen molar-refractivity contribution >= 4 is 35.6 Å². The number of piperazine rings is 2. The molecule has 0 bridgehead atoms. The SMILES string of the molecule is CC.O=C(c1cnn(C(=O)N2CCN(CC3NC=CS3)CC2)c1)N1CCC1.O=C(c1cnn(C(=O)N2CCN(Cc3ccncn3)CC2)c1)N1CCC1. The zero-order valence-corrected chi connectivity index (χ0v) is 31.3. The summed E-state index contributed by atoms with van der Waals surface area (Å²) in [7, 11) is 0. The molecule has 1 N–H and O–H groups in total. The molecule has 0 radical (unpaired) electrons. The number of rotatable bonds is 6. The summed E-state index contributed by atoms with van der Waals surface area (Å²) in [5.74, 6) is -0.0877. The van der Waals surface area contributed by atoms with E-state index in [9.17, 15) is 19.2 Å². The maximum absolute atomic E-state index is 12.6. The highest BCUT2D eigenvalue weighted by molar-refractivity contribution is 8.02. The minimum Gasteiger partial charge on any atom is -0.377 e. The minimum absolute atomic E-state index is 0.0368. The van der Waals surface area contributed by atoms with Gasteiger partial charge in [-0.15, -0.1) is 11.8 Å². The first-order chi connectivity index (χ1) is 25.9. The maximum Gasteiger partial charge on any atom is 0.344 e. The minimum atomic E-state index is -0.186. The second-order valence-corrected chi connectivity index (χ2v) is 14.2. The summed E-state index contributed by atoms with van der Waals surface area (Å²) in [5.41, 5.74) is 1.94. The van der Waals surface area contributed by atoms with E-state index < -0.39 is 0 Å². The van der Waals surface area contributed by atoms with Crippen molar-refractivity contribution < 1.29 is 19.2 Å². The van der Waals surface area contributed by atoms with Crippen LogP contribution in [-0.4, -0.2) is 173 Å². The first-order valence-corrected chi connectivity index (χ1v) is 19.4. The smallest absolute Gasteiger partial charge is 0.344 e. The number of likely N-dealkylation sites (tertiary alicyclic amines) is 2. The molecule has 3 aromatic heterocycles. The van der Waals surface area contributed by atoms with Gasteiger partial charge in [-0.05, 0) is 24.3 Å². The molecule has 0 spiro atoms. The molecular formula is C35H49N13O4S. The van der Waals surface area contributed by atoms with Crippen LogP contribution in [0.4, 0.5) is 9.59 Å². The van der Waals surface area contributed by atoms with Crippen molar-refractivity contribution in [3.63, 3.8) is 0 Å². The van der Waals surface area contributed by atoms with Gasteiger partial charge in [-0.1, -0.05) is 13.8 Å². The number of hydrogen-bond acceptors (Lipinski definition) is 12. The summed E-state index contributed by atoms with van der Waals surface area (Å²) in [5, 5.41) is 14.0. The van der Waals surface area contributed by atoms with E-state index in [4.69, 9.17) is 0 Å². The van der Waals surface area contributed by atoms with Crippen molar-refractivity contribution in [2.45, 2.75) is 38.6 Å². The van der Waals surface area contributed by atoms with E-state index in [1.807, 2.05) is 26.1 Å². The van der Waals surface area contributed by atoms with E-state index in [1.165, 1.54) is 28.0 Å². The highest BCUT2D eigenvalue weighted by Crippen LogP contribution is 2.18. The molecule has 0 saturated carbocycles. The Morgan fingerprint density at radius 3 is 1.68 bits per heavy atom. The van der Waals surface area contributed by atoms with E-state index in [0.717, 1.165) is 84.0 Å². The Morgan fingerprint density at radius 2 is 1.25 bits per heavy atom. The molecule has 5 aliphatic rings. The molecule has 0 aliphatic carbocycles. The lowest BCUT2D eigenvalue weighted by Gasteiger charge is -2.35. The van der Waals surface area contributed by atoms with Gasteiger partial charge in [0, 0.05) is 116 Å². The number of thioether (sulfide) groups is 1. The van der Waals surface area contributed by atoms with Gasteiger partial charge in [0.05, 0.1) is 34.6 Å². The van der Waals surface area contributed by atoms with Gasteiger partial charge in [0.25, 0.3) is 11.8 Å². The summed E-state index contributed by atoms with van der Waals surface area (Å²) in [6.07, 6.45) is 13.4. The van der Waals surface area contributed by atoms with Crippen LogP contribution in [0.1, 0.15) is 53.1 Å². The number of hydrogen-bond donors (Lipinski definition) is 1. The number of nitrogens with zero attached hydrogens (tertiary/aromatic N) is 12. The molecule has 0 aromatic carbocycles. The highest BCUT2D eigenvalue weighted by atomic mass is 32.2. The molecule has 17 nitrogen and oxygen atoms in total. The van der Waals surface area contributed by atoms with Gasteiger partial charge < -0.3 is 24.9 Å². The molecule has 4 saturated heterocycles. The Hall–Kier alpha value is -4.81. The second kappa shape index (κ2) is 18.3. The third kappa shape index (κ3) is 9.60. The molecule has 3 aromatic rings. The Labute approximate surface area is 313 Å². The molecule has 1 unspecified atom stereocenters. The predicted octanol–water partition coefficient (Wildman–Crippen LogP) is 1.78. The van der Waals surface area contributed by atoms with Gasteiger partial charge in [-0.2, -0.15) is 19.6 Å². The summed E-state index contributed by atoms with van der Waals surface area (Å²) in [4.78, 5) is 69.5. The summed E-state index contributed by atoms with van der Waals surface area (Å²) < 4.78 is 2.56. The van der Waals surface area contributed by atoms with Gasteiger partial charge in [0.1, 0.15) is 6.33 Å². The van der Waals surface area contributed by atoms with Gasteiger partial charge >= 0.3 is 12.1 Å². The standard InChI is InChI=1S/C17H21N7O2.C16H22N6O2S.C2H6/c25-16(22-4-1-5-22)14-10-20-24(11-14)17(26)23-8-6-21(7-9-23)12-15-2-3-18-13-19-15;23-15(20-3-1-4-20)13-10-18-22(11-13)16(24)21-7-5-19(6-8-21)12-14-17-2-9-25-14;1-2/h2-3,10-11,13H,1,4-9,12H2;2,9-11,14,17H,1,3-8,12H2;1-2H3. The van der Waals surface area contributed by atoms with Gasteiger partial charge in [0.2, 0.25) is 0 Å². The molecule has 8 heterocycles. The first-order valence-electron chi connectivity index (χ1n) is 18.4. The van der Waals surface area contributed by atoms with Crippen LogP contribution in [0.15, 0.2) is 55.0 Å². The quantitative estimate of drug-likeness (QED) is 0.390. The molecule has 284 valence electrons. The lowest BCUT2D eigenvalue weighted by atomic mass is 10.2. The lowest BCUT2D eigenvalue weighted by Crippen LogP contribution is -2.51. The van der Waals surface area contributed by atoms with Crippen LogP contribution in [0.3, 0.4) is 0 Å². The number of carbonyl (C=O) groups excluding carboxylic acids is 4. The van der Waals surface area contributed by atoms with Crippen LogP contribution < -0.4 is 5.32 Å². The monoisotopic (exact) mass is 747 g/mol. The van der Waals surface area contributed by atoms with Crippen molar-refractivity contribution in [1.29, 1.82) is 0 Å². The molecule has 4 fully saturated rings. The van der Waals surface area contributed by atoms with Crippen molar-refractivity contribution in [3.05, 3.63) is 71.8 Å². The summed E-state index contributed by atoms with van der Waals surface area (Å²) in [6, 6.07) is 1.56. The lowest BCUT2D eigenvalue weighted by molar-refractivity contribution is 0.0644. The van der Waals surface area contributed by atoms with E-state index >= 15 is 0 Å². The zero-order chi connectivity index (χ0) is 37.2. The molecule has 53 heavy (non-hydrogen) atoms. The Morgan fingerprint density at radius 1 is 0.717 bits per heavy atom.